The van der Waals surface area contributed by atoms with Crippen LogP contribution < -0.4 is 9.62 Å². The molecule has 0 aliphatic carbocycles. The quantitative estimate of drug-likeness (QED) is 0.874. The van der Waals surface area contributed by atoms with Crippen LogP contribution in [0.5, 0.6) is 0 Å². The standard InChI is InChI=1S/C16H20N4O3S2/c1-12-14(24-16(17-12)18-25(2,22)23)15(21)20-10-8-19(9-11-20)13-6-4-3-5-7-13/h3-7H,8-11H2,1-2H3,(H,17,18). The second kappa shape index (κ2) is 7.01. The number of carbonyl (C=O) groups excluding carboxylic acids is 1. The van der Waals surface area contributed by atoms with Crippen LogP contribution in [0.1, 0.15) is 15.4 Å². The lowest BCUT2D eigenvalue weighted by Crippen LogP contribution is -2.48. The van der Waals surface area contributed by atoms with Crippen molar-refractivity contribution in [2.45, 2.75) is 6.92 Å². The molecular formula is C16H20N4O3S2. The first kappa shape index (κ1) is 17.7. The number of rotatable bonds is 4. The molecular weight excluding hydrogens is 360 g/mol. The molecule has 134 valence electrons. The zero-order chi connectivity index (χ0) is 18.0. The highest BCUT2D eigenvalue weighted by Gasteiger charge is 2.26. The summed E-state index contributed by atoms with van der Waals surface area (Å²) in [7, 11) is -3.40. The van der Waals surface area contributed by atoms with Crippen molar-refractivity contribution in [3.05, 3.63) is 40.9 Å². The number of benzene rings is 1. The number of amides is 1. The zero-order valence-electron chi connectivity index (χ0n) is 14.1. The summed E-state index contributed by atoms with van der Waals surface area (Å²) in [5.41, 5.74) is 1.70. The van der Waals surface area contributed by atoms with E-state index in [1.165, 1.54) is 0 Å². The van der Waals surface area contributed by atoms with Gasteiger partial charge in [-0.2, -0.15) is 0 Å². The molecule has 25 heavy (non-hydrogen) atoms. The molecule has 1 saturated heterocycles. The van der Waals surface area contributed by atoms with Gasteiger partial charge in [0.15, 0.2) is 5.13 Å². The van der Waals surface area contributed by atoms with Gasteiger partial charge in [-0.1, -0.05) is 29.5 Å². The first-order valence-corrected chi connectivity index (χ1v) is 10.6. The summed E-state index contributed by atoms with van der Waals surface area (Å²) in [6, 6.07) is 10.1. The minimum atomic E-state index is -3.40. The molecule has 7 nitrogen and oxygen atoms in total. The van der Waals surface area contributed by atoms with Crippen LogP contribution in [-0.2, 0) is 10.0 Å². The van der Waals surface area contributed by atoms with Crippen LogP contribution in [0.3, 0.4) is 0 Å². The molecule has 1 N–H and O–H groups in total. The Kier molecular flexibility index (Phi) is 4.96. The summed E-state index contributed by atoms with van der Waals surface area (Å²) >= 11 is 1.08. The van der Waals surface area contributed by atoms with Gasteiger partial charge in [0.05, 0.1) is 11.9 Å². The summed E-state index contributed by atoms with van der Waals surface area (Å²) in [5.74, 6) is -0.0933. The SMILES string of the molecule is Cc1nc(NS(C)(=O)=O)sc1C(=O)N1CCN(c2ccccc2)CC1. The first-order valence-electron chi connectivity index (χ1n) is 7.88. The topological polar surface area (TPSA) is 82.6 Å². The van der Waals surface area contributed by atoms with E-state index in [1.54, 1.807) is 11.8 Å². The maximum Gasteiger partial charge on any atom is 0.266 e. The van der Waals surface area contributed by atoms with E-state index < -0.39 is 10.0 Å². The number of hydrogen-bond acceptors (Lipinski definition) is 6. The number of sulfonamides is 1. The van der Waals surface area contributed by atoms with Gasteiger partial charge >= 0.3 is 0 Å². The fourth-order valence-electron chi connectivity index (χ4n) is 2.75. The number of para-hydroxylation sites is 1. The Balaban J connectivity index is 1.67. The molecule has 1 aromatic heterocycles. The van der Waals surface area contributed by atoms with Gasteiger partial charge in [0, 0.05) is 31.9 Å². The Morgan fingerprint density at radius 3 is 2.40 bits per heavy atom. The monoisotopic (exact) mass is 380 g/mol. The van der Waals surface area contributed by atoms with Gasteiger partial charge in [0.1, 0.15) is 4.88 Å². The van der Waals surface area contributed by atoms with Crippen molar-refractivity contribution in [1.29, 1.82) is 0 Å². The van der Waals surface area contributed by atoms with Crippen LogP contribution in [0.4, 0.5) is 10.8 Å². The molecule has 1 aliphatic rings. The minimum Gasteiger partial charge on any atom is -0.368 e. The van der Waals surface area contributed by atoms with E-state index in [1.807, 2.05) is 18.2 Å². The number of nitrogens with zero attached hydrogens (tertiary/aromatic N) is 3. The molecule has 2 aromatic rings. The fraction of sp³-hybridized carbons (Fsp3) is 0.375. The lowest BCUT2D eigenvalue weighted by molar-refractivity contribution is 0.0750. The van der Waals surface area contributed by atoms with E-state index >= 15 is 0 Å². The van der Waals surface area contributed by atoms with Gasteiger partial charge in [-0.05, 0) is 19.1 Å². The molecule has 9 heteroatoms. The van der Waals surface area contributed by atoms with E-state index in [9.17, 15) is 13.2 Å². The van der Waals surface area contributed by atoms with E-state index in [2.05, 4.69) is 26.7 Å². The summed E-state index contributed by atoms with van der Waals surface area (Å²) in [4.78, 5) is 21.4. The second-order valence-electron chi connectivity index (χ2n) is 5.92. The van der Waals surface area contributed by atoms with Crippen molar-refractivity contribution in [2.75, 3.05) is 42.1 Å². The van der Waals surface area contributed by atoms with Crippen molar-refractivity contribution < 1.29 is 13.2 Å². The van der Waals surface area contributed by atoms with E-state index in [0.717, 1.165) is 36.4 Å². The molecule has 1 aliphatic heterocycles. The molecule has 1 fully saturated rings. The number of thiazole rings is 1. The highest BCUT2D eigenvalue weighted by atomic mass is 32.2. The minimum absolute atomic E-state index is 0.0933. The van der Waals surface area contributed by atoms with Gasteiger partial charge in [0.2, 0.25) is 10.0 Å². The number of carbonyl (C=O) groups is 1. The van der Waals surface area contributed by atoms with Crippen molar-refractivity contribution >= 4 is 38.1 Å². The summed E-state index contributed by atoms with van der Waals surface area (Å²) < 4.78 is 25.0. The number of hydrogen-bond donors (Lipinski definition) is 1. The molecule has 2 heterocycles. The van der Waals surface area contributed by atoms with E-state index in [4.69, 9.17) is 0 Å². The zero-order valence-corrected chi connectivity index (χ0v) is 15.7. The van der Waals surface area contributed by atoms with Gasteiger partial charge in [-0.3, -0.25) is 9.52 Å². The molecule has 0 radical (unpaired) electrons. The van der Waals surface area contributed by atoms with Crippen LogP contribution in [0.25, 0.3) is 0 Å². The maximum atomic E-state index is 12.7. The van der Waals surface area contributed by atoms with Crippen LogP contribution in [0, 0.1) is 6.92 Å². The van der Waals surface area contributed by atoms with Crippen molar-refractivity contribution in [1.82, 2.24) is 9.88 Å². The predicted octanol–water partition coefficient (Wildman–Crippen LogP) is 1.79. The second-order valence-corrected chi connectivity index (χ2v) is 8.67. The third kappa shape index (κ3) is 4.29. The molecule has 0 saturated carbocycles. The van der Waals surface area contributed by atoms with Crippen molar-refractivity contribution in [2.24, 2.45) is 0 Å². The average molecular weight is 380 g/mol. The third-order valence-corrected chi connectivity index (χ3v) is 5.71. The van der Waals surface area contributed by atoms with Gasteiger partial charge < -0.3 is 9.80 Å². The molecule has 0 unspecified atom stereocenters. The number of aryl methyl sites for hydroxylation is 1. The average Bonchev–Trinajstić information content (AvgIpc) is 2.93. The maximum absolute atomic E-state index is 12.7. The molecule has 1 aromatic carbocycles. The van der Waals surface area contributed by atoms with Gasteiger partial charge in [0.25, 0.3) is 5.91 Å². The fourth-order valence-corrected chi connectivity index (χ4v) is 4.52. The first-order chi connectivity index (χ1) is 11.8. The molecule has 3 rings (SSSR count). The number of anilines is 2. The summed E-state index contributed by atoms with van der Waals surface area (Å²) in [6.45, 7) is 4.50. The predicted molar refractivity (Wildman–Crippen MR) is 99.9 cm³/mol. The van der Waals surface area contributed by atoms with Crippen molar-refractivity contribution in [3.63, 3.8) is 0 Å². The summed E-state index contributed by atoms with van der Waals surface area (Å²) in [5, 5.41) is 0.228. The Labute approximate surface area is 151 Å². The van der Waals surface area contributed by atoms with E-state index in [-0.39, 0.29) is 11.0 Å². The highest BCUT2D eigenvalue weighted by Crippen LogP contribution is 2.25. The largest absolute Gasteiger partial charge is 0.368 e. The third-order valence-electron chi connectivity index (χ3n) is 3.95. The highest BCUT2D eigenvalue weighted by molar-refractivity contribution is 7.92. The lowest BCUT2D eigenvalue weighted by Gasteiger charge is -2.36. The van der Waals surface area contributed by atoms with Crippen LogP contribution in [-0.4, -0.2) is 56.6 Å². The molecule has 0 bridgehead atoms. The smallest absolute Gasteiger partial charge is 0.266 e. The number of nitrogens with one attached hydrogen (secondary N) is 1. The lowest BCUT2D eigenvalue weighted by atomic mass is 10.2. The van der Waals surface area contributed by atoms with Gasteiger partial charge in [-0.15, -0.1) is 0 Å². The van der Waals surface area contributed by atoms with Crippen LogP contribution in [0.2, 0.25) is 0 Å². The van der Waals surface area contributed by atoms with Crippen LogP contribution >= 0.6 is 11.3 Å². The number of piperazine rings is 1. The Morgan fingerprint density at radius 1 is 1.16 bits per heavy atom. The van der Waals surface area contributed by atoms with Crippen LogP contribution in [0.15, 0.2) is 30.3 Å². The molecule has 0 atom stereocenters. The summed E-state index contributed by atoms with van der Waals surface area (Å²) in [6.07, 6.45) is 1.06. The molecule has 1 amide bonds. The molecule has 0 spiro atoms. The Morgan fingerprint density at radius 2 is 1.80 bits per heavy atom. The normalized spacial score (nSPS) is 15.3. The van der Waals surface area contributed by atoms with E-state index in [0.29, 0.717) is 23.7 Å². The Hall–Kier alpha value is -2.13. The van der Waals surface area contributed by atoms with Gasteiger partial charge in [-0.25, -0.2) is 13.4 Å². The Bertz CT molecular complexity index is 857. The van der Waals surface area contributed by atoms with Crippen molar-refractivity contribution in [3.8, 4) is 0 Å². The number of aromatic nitrogens is 1.